The Morgan fingerprint density at radius 2 is 2.05 bits per heavy atom. The maximum absolute atomic E-state index is 11.0. The van der Waals surface area contributed by atoms with Crippen LogP contribution >= 0.6 is 7.60 Å². The van der Waals surface area contributed by atoms with Gasteiger partial charge in [0.25, 0.3) is 0 Å². The molecule has 0 saturated carbocycles. The molecule has 0 amide bonds. The summed E-state index contributed by atoms with van der Waals surface area (Å²) >= 11 is 0. The summed E-state index contributed by atoms with van der Waals surface area (Å²) in [5.74, 6) is 0.0527. The van der Waals surface area contributed by atoms with Crippen LogP contribution < -0.4 is 10.1 Å². The largest absolute Gasteiger partial charge is 0.426 e. The van der Waals surface area contributed by atoms with Crippen LogP contribution in [0.25, 0.3) is 5.57 Å². The lowest BCUT2D eigenvalue weighted by atomic mass is 10.1. The van der Waals surface area contributed by atoms with Crippen LogP contribution in [-0.2, 0) is 9.36 Å². The molecule has 0 aliphatic rings. The van der Waals surface area contributed by atoms with Crippen LogP contribution in [0.15, 0.2) is 30.8 Å². The number of benzene rings is 1. The Morgan fingerprint density at radius 1 is 1.38 bits per heavy atom. The van der Waals surface area contributed by atoms with Crippen molar-refractivity contribution in [3.8, 4) is 5.75 Å². The van der Waals surface area contributed by atoms with Gasteiger partial charge in [-0.05, 0) is 24.6 Å². The summed E-state index contributed by atoms with van der Waals surface area (Å²) in [7, 11) is -3.93. The van der Waals surface area contributed by atoms with Crippen LogP contribution in [-0.4, -0.2) is 35.0 Å². The molecule has 0 aromatic heterocycles. The van der Waals surface area contributed by atoms with E-state index in [1.807, 2.05) is 6.07 Å². The number of para-hydroxylation sites is 1. The van der Waals surface area contributed by atoms with Gasteiger partial charge in [-0.15, -0.1) is 0 Å². The zero-order valence-electron chi connectivity index (χ0n) is 11.9. The predicted octanol–water partition coefficient (Wildman–Crippen LogP) is 1.78. The molecular weight excluding hydrogens is 293 g/mol. The summed E-state index contributed by atoms with van der Waals surface area (Å²) in [6.45, 7) is 6.18. The van der Waals surface area contributed by atoms with Crippen molar-refractivity contribution in [2.45, 2.75) is 13.3 Å². The number of carbonyl (C=O) groups is 1. The molecule has 0 unspecified atom stereocenters. The van der Waals surface area contributed by atoms with Crippen LogP contribution in [0.2, 0.25) is 0 Å². The van der Waals surface area contributed by atoms with E-state index < -0.39 is 13.6 Å². The van der Waals surface area contributed by atoms with Gasteiger partial charge < -0.3 is 19.8 Å². The summed E-state index contributed by atoms with van der Waals surface area (Å²) in [5.41, 5.74) is 1.47. The second-order valence-corrected chi connectivity index (χ2v) is 6.39. The SMILES string of the molecule is C=C(CNCCCP(=O)(O)O)c1ccccc1OC(C)=O. The molecule has 7 heteroatoms. The number of esters is 1. The van der Waals surface area contributed by atoms with Gasteiger partial charge in [-0.3, -0.25) is 9.36 Å². The van der Waals surface area contributed by atoms with E-state index in [9.17, 15) is 9.36 Å². The Labute approximate surface area is 124 Å². The number of nitrogens with one attached hydrogen (secondary N) is 1. The van der Waals surface area contributed by atoms with Gasteiger partial charge in [-0.25, -0.2) is 0 Å². The average molecular weight is 313 g/mol. The van der Waals surface area contributed by atoms with E-state index in [0.29, 0.717) is 25.3 Å². The lowest BCUT2D eigenvalue weighted by Crippen LogP contribution is -2.19. The third kappa shape index (κ3) is 7.20. The summed E-state index contributed by atoms with van der Waals surface area (Å²) in [6.07, 6.45) is 0.236. The highest BCUT2D eigenvalue weighted by molar-refractivity contribution is 7.51. The van der Waals surface area contributed by atoms with Gasteiger partial charge in [-0.2, -0.15) is 0 Å². The monoisotopic (exact) mass is 313 g/mol. The Balaban J connectivity index is 2.49. The summed E-state index contributed by atoms with van der Waals surface area (Å²) in [6, 6.07) is 7.08. The zero-order chi connectivity index (χ0) is 15.9. The van der Waals surface area contributed by atoms with Crippen LogP contribution in [0.5, 0.6) is 5.75 Å². The van der Waals surface area contributed by atoms with Gasteiger partial charge in [0.2, 0.25) is 0 Å². The average Bonchev–Trinajstić information content (AvgIpc) is 2.36. The molecule has 1 aromatic rings. The van der Waals surface area contributed by atoms with Gasteiger partial charge in [0.1, 0.15) is 5.75 Å². The van der Waals surface area contributed by atoms with E-state index in [0.717, 1.165) is 11.1 Å². The molecule has 1 rings (SSSR count). The molecule has 0 fully saturated rings. The molecule has 0 aliphatic carbocycles. The maximum Gasteiger partial charge on any atom is 0.325 e. The van der Waals surface area contributed by atoms with Crippen molar-refractivity contribution < 1.29 is 23.9 Å². The van der Waals surface area contributed by atoms with E-state index in [2.05, 4.69) is 11.9 Å². The Kier molecular flexibility index (Phi) is 6.78. The number of hydrogen-bond donors (Lipinski definition) is 3. The molecular formula is C14H20NO5P. The van der Waals surface area contributed by atoms with Crippen LogP contribution in [0.1, 0.15) is 18.9 Å². The first-order valence-electron chi connectivity index (χ1n) is 6.50. The van der Waals surface area contributed by atoms with E-state index in [4.69, 9.17) is 14.5 Å². The molecule has 0 radical (unpaired) electrons. The predicted molar refractivity (Wildman–Crippen MR) is 81.2 cm³/mol. The van der Waals surface area contributed by atoms with Gasteiger partial charge in [0.05, 0.1) is 6.16 Å². The molecule has 1 aromatic carbocycles. The van der Waals surface area contributed by atoms with Crippen molar-refractivity contribution >= 4 is 19.1 Å². The van der Waals surface area contributed by atoms with Crippen LogP contribution in [0.4, 0.5) is 0 Å². The van der Waals surface area contributed by atoms with Gasteiger partial charge >= 0.3 is 13.6 Å². The smallest absolute Gasteiger partial charge is 0.325 e. The van der Waals surface area contributed by atoms with E-state index in [1.165, 1.54) is 6.92 Å². The summed E-state index contributed by atoms with van der Waals surface area (Å²) < 4.78 is 15.8. The lowest BCUT2D eigenvalue weighted by Gasteiger charge is -2.12. The third-order valence-electron chi connectivity index (χ3n) is 2.66. The third-order valence-corrected chi connectivity index (χ3v) is 3.56. The fourth-order valence-corrected chi connectivity index (χ4v) is 2.32. The Morgan fingerprint density at radius 3 is 2.67 bits per heavy atom. The standard InChI is InChI=1S/C14H20NO5P/c1-11(10-15-8-5-9-21(17,18)19)13-6-3-4-7-14(13)20-12(2)16/h3-4,6-7,15H,1,5,8-10H2,2H3,(H2,17,18,19). The first kappa shape index (κ1) is 17.6. The molecule has 116 valence electrons. The first-order chi connectivity index (χ1) is 9.79. The molecule has 0 aliphatic heterocycles. The Hall–Kier alpha value is -1.46. The highest BCUT2D eigenvalue weighted by Gasteiger charge is 2.12. The van der Waals surface area contributed by atoms with Crippen molar-refractivity contribution in [2.75, 3.05) is 19.3 Å². The van der Waals surface area contributed by atoms with Gasteiger partial charge in [0, 0.05) is 19.0 Å². The second kappa shape index (κ2) is 8.10. The summed E-state index contributed by atoms with van der Waals surface area (Å²) in [5, 5.41) is 3.05. The number of rotatable bonds is 8. The lowest BCUT2D eigenvalue weighted by molar-refractivity contribution is -0.131. The van der Waals surface area contributed by atoms with Gasteiger partial charge in [0.15, 0.2) is 0 Å². The zero-order valence-corrected chi connectivity index (χ0v) is 12.8. The van der Waals surface area contributed by atoms with E-state index >= 15 is 0 Å². The highest BCUT2D eigenvalue weighted by Crippen LogP contribution is 2.34. The van der Waals surface area contributed by atoms with Crippen LogP contribution in [0.3, 0.4) is 0 Å². The van der Waals surface area contributed by atoms with Crippen molar-refractivity contribution in [3.05, 3.63) is 36.4 Å². The highest BCUT2D eigenvalue weighted by atomic mass is 31.2. The molecule has 6 nitrogen and oxygen atoms in total. The van der Waals surface area contributed by atoms with Crippen molar-refractivity contribution in [1.82, 2.24) is 5.32 Å². The van der Waals surface area contributed by atoms with Crippen molar-refractivity contribution in [2.24, 2.45) is 0 Å². The fourth-order valence-electron chi connectivity index (χ4n) is 1.75. The second-order valence-electron chi connectivity index (χ2n) is 4.61. The quantitative estimate of drug-likeness (QED) is 0.293. The topological polar surface area (TPSA) is 95.9 Å². The first-order valence-corrected chi connectivity index (χ1v) is 8.30. The summed E-state index contributed by atoms with van der Waals surface area (Å²) in [4.78, 5) is 28.5. The minimum atomic E-state index is -3.93. The van der Waals surface area contributed by atoms with E-state index in [1.54, 1.807) is 18.2 Å². The molecule has 0 atom stereocenters. The van der Waals surface area contributed by atoms with Crippen molar-refractivity contribution in [1.29, 1.82) is 0 Å². The molecule has 0 bridgehead atoms. The van der Waals surface area contributed by atoms with Crippen molar-refractivity contribution in [3.63, 3.8) is 0 Å². The number of hydrogen-bond acceptors (Lipinski definition) is 4. The van der Waals surface area contributed by atoms with E-state index in [-0.39, 0.29) is 6.16 Å². The maximum atomic E-state index is 11.0. The van der Waals surface area contributed by atoms with Gasteiger partial charge in [-0.1, -0.05) is 24.8 Å². The molecule has 0 saturated heterocycles. The normalized spacial score (nSPS) is 11.2. The molecule has 0 spiro atoms. The number of carbonyl (C=O) groups excluding carboxylic acids is 1. The fraction of sp³-hybridized carbons (Fsp3) is 0.357. The molecule has 0 heterocycles. The molecule has 3 N–H and O–H groups in total. The molecule has 21 heavy (non-hydrogen) atoms. The Bertz CT molecular complexity index is 552. The number of ether oxygens (including phenoxy) is 1. The minimum Gasteiger partial charge on any atom is -0.426 e. The van der Waals surface area contributed by atoms with Crippen LogP contribution in [0, 0.1) is 0 Å². The minimum absolute atomic E-state index is 0.142.